The van der Waals surface area contributed by atoms with Gasteiger partial charge in [0.2, 0.25) is 106 Å². The topological polar surface area (TPSA) is 418 Å². The third-order valence-electron chi connectivity index (χ3n) is 21.1. The van der Waals surface area contributed by atoms with E-state index in [9.17, 15) is 86.3 Å². The van der Waals surface area contributed by atoms with Crippen molar-refractivity contribution in [2.45, 2.75) is 204 Å². The Bertz CT molecular complexity index is 3110. The molecule has 0 spiro atoms. The monoisotopic (exact) mass is 1840 g/mol. The Morgan fingerprint density at radius 3 is 0.664 bits per heavy atom. The molecule has 0 saturated carbocycles. The molecule has 0 aliphatic carbocycles. The minimum absolute atomic E-state index is 0.0563. The fourth-order valence-electron chi connectivity index (χ4n) is 12.2. The van der Waals surface area contributed by atoms with E-state index in [1.54, 1.807) is 95.1 Å². The summed E-state index contributed by atoms with van der Waals surface area (Å²) in [6.45, 7) is 26.7. The third-order valence-corrected chi connectivity index (χ3v) is 24.9. The average Bonchev–Trinajstić information content (AvgIpc) is 0.938. The highest BCUT2D eigenvalue weighted by Crippen LogP contribution is 2.14. The quantitative estimate of drug-likeness (QED) is 0.0477. The highest BCUT2D eigenvalue weighted by molar-refractivity contribution is 7.99. The Morgan fingerprint density at radius 1 is 0.232 bits per heavy atom. The highest BCUT2D eigenvalue weighted by atomic mass is 32.2. The molecule has 6 N–H and O–H groups in total. The van der Waals surface area contributed by atoms with Crippen LogP contribution < -0.4 is 31.9 Å². The molecule has 36 nitrogen and oxygen atoms in total. The molecule has 0 saturated heterocycles. The van der Waals surface area contributed by atoms with Crippen molar-refractivity contribution >= 4 is 153 Å². The van der Waals surface area contributed by atoms with E-state index in [-0.39, 0.29) is 184 Å². The number of nitrogens with one attached hydrogen (secondary N) is 6. The van der Waals surface area contributed by atoms with Crippen LogP contribution in [0.5, 0.6) is 0 Å². The van der Waals surface area contributed by atoms with Crippen LogP contribution in [-0.4, -0.2) is 408 Å². The van der Waals surface area contributed by atoms with Gasteiger partial charge in [0.15, 0.2) is 0 Å². The molecule has 0 fully saturated rings. The number of unbranched alkanes of at least 4 members (excludes halogenated alkanes) is 4. The van der Waals surface area contributed by atoms with Crippen LogP contribution in [0.3, 0.4) is 0 Å². The molecule has 40 heteroatoms. The summed E-state index contributed by atoms with van der Waals surface area (Å²) < 4.78 is 0. The first-order chi connectivity index (χ1) is 59.3. The van der Waals surface area contributed by atoms with Crippen LogP contribution in [-0.2, 0) is 86.3 Å². The average molecular weight is 1840 g/mol. The van der Waals surface area contributed by atoms with Crippen molar-refractivity contribution in [1.29, 1.82) is 0 Å². The first kappa shape index (κ1) is 117. The van der Waals surface area contributed by atoms with Crippen LogP contribution in [0.1, 0.15) is 192 Å². The van der Waals surface area contributed by atoms with E-state index >= 15 is 0 Å². The van der Waals surface area contributed by atoms with Gasteiger partial charge >= 0.3 is 0 Å². The van der Waals surface area contributed by atoms with Gasteiger partial charge in [0, 0.05) is 338 Å². The van der Waals surface area contributed by atoms with Crippen LogP contribution in [0.2, 0.25) is 0 Å². The molecule has 0 bridgehead atoms. The zero-order chi connectivity index (χ0) is 94.2. The predicted molar refractivity (Wildman–Crippen MR) is 495 cm³/mol. The minimum atomic E-state index is -0.902. The standard InChI is InChI=1S/C85H154N18O18S4/c1-17-80(116)100(50-46-96(70(9)108)42-38-92(13)66(5)104)54-62-122-58-30-76(112)86-34-26-22-28-74(90-78(114)32-60-124-64-56-102(82(118)19-3)52-48-98(72(11)110)44-40-94(15)68(7)106)84(120)88-36-24-21-25-37-89-85(121)75(91-79(115)33-61-125-65-57-103(83(119)20-4)53-49-99(73(12)111)45-41-95(16)69(8)107)29-23-27-35-87-77(113)31-59-123-63-55-101(81(117)18-2)51-47-97(71(10)109)43-39-93(14)67(6)105/h74-75H,17-65H2,1-16H3,(H,86,112)(H,87,113)(H,88,120)(H,89,121)(H,90,114)(H,91,115). The molecular weight excluding hydrogens is 1690 g/mol. The molecule has 0 radical (unpaired) electrons. The van der Waals surface area contributed by atoms with Crippen molar-refractivity contribution in [3.8, 4) is 0 Å². The number of likely N-dealkylation sites (N-methyl/N-ethyl adjacent to an activating group) is 4. The Balaban J connectivity index is 6.11. The summed E-state index contributed by atoms with van der Waals surface area (Å²) in [6.07, 6.45) is 5.87. The van der Waals surface area contributed by atoms with Gasteiger partial charge in [-0.25, -0.2) is 0 Å². The Labute approximate surface area is 761 Å². The van der Waals surface area contributed by atoms with E-state index in [4.69, 9.17) is 0 Å². The molecular formula is C85H154N18O18S4. The normalized spacial score (nSPS) is 11.3. The fraction of sp³-hybridized carbons (Fsp3) is 0.788. The molecule has 125 heavy (non-hydrogen) atoms. The molecule has 0 aliphatic heterocycles. The zero-order valence-corrected chi connectivity index (χ0v) is 81.4. The van der Waals surface area contributed by atoms with Gasteiger partial charge in [0.25, 0.3) is 0 Å². The fourth-order valence-corrected chi connectivity index (χ4v) is 15.8. The minimum Gasteiger partial charge on any atom is -0.356 e. The summed E-state index contributed by atoms with van der Waals surface area (Å²) in [5.41, 5.74) is 0. The molecule has 18 amide bonds. The summed E-state index contributed by atoms with van der Waals surface area (Å²) in [4.78, 5) is 249. The van der Waals surface area contributed by atoms with E-state index in [1.807, 2.05) is 0 Å². The van der Waals surface area contributed by atoms with E-state index in [1.165, 1.54) is 122 Å². The van der Waals surface area contributed by atoms with Crippen LogP contribution in [0.15, 0.2) is 0 Å². The number of nitrogens with zero attached hydrogens (tertiary/aromatic N) is 12. The first-order valence-electron chi connectivity index (χ1n) is 44.3. The number of carbonyl (C=O) groups excluding carboxylic acids is 18. The summed E-state index contributed by atoms with van der Waals surface area (Å²) in [6, 6.07) is -1.80. The number of carbonyl (C=O) groups is 18. The van der Waals surface area contributed by atoms with Gasteiger partial charge in [-0.2, -0.15) is 47.0 Å². The van der Waals surface area contributed by atoms with Crippen LogP contribution >= 0.6 is 47.0 Å². The number of rotatable bonds is 72. The lowest BCUT2D eigenvalue weighted by molar-refractivity contribution is -0.134. The van der Waals surface area contributed by atoms with Gasteiger partial charge in [0.05, 0.1) is 0 Å². The number of hydrogen-bond acceptors (Lipinski definition) is 22. The van der Waals surface area contributed by atoms with Gasteiger partial charge in [-0.05, 0) is 57.8 Å². The molecule has 0 aliphatic rings. The molecule has 2 atom stereocenters. The Hall–Kier alpha value is -8.14. The van der Waals surface area contributed by atoms with Crippen molar-refractivity contribution in [1.82, 2.24) is 90.7 Å². The lowest BCUT2D eigenvalue weighted by atomic mass is 10.1. The molecule has 0 aromatic heterocycles. The van der Waals surface area contributed by atoms with Crippen molar-refractivity contribution in [2.24, 2.45) is 0 Å². The molecule has 0 heterocycles. The Morgan fingerprint density at radius 2 is 0.440 bits per heavy atom. The van der Waals surface area contributed by atoms with E-state index in [0.29, 0.717) is 235 Å². The van der Waals surface area contributed by atoms with Crippen molar-refractivity contribution in [2.75, 3.05) is 231 Å². The van der Waals surface area contributed by atoms with Gasteiger partial charge in [-0.3, -0.25) is 86.3 Å². The maximum Gasteiger partial charge on any atom is 0.242 e. The first-order valence-corrected chi connectivity index (χ1v) is 48.9. The van der Waals surface area contributed by atoms with Crippen LogP contribution in [0.4, 0.5) is 0 Å². The van der Waals surface area contributed by atoms with E-state index in [2.05, 4.69) is 31.9 Å². The van der Waals surface area contributed by atoms with Gasteiger partial charge < -0.3 is 90.7 Å². The van der Waals surface area contributed by atoms with Crippen LogP contribution in [0, 0.1) is 0 Å². The van der Waals surface area contributed by atoms with Crippen molar-refractivity contribution in [3.05, 3.63) is 0 Å². The molecule has 0 rings (SSSR count). The summed E-state index contributed by atoms with van der Waals surface area (Å²) in [5, 5.41) is 17.6. The largest absolute Gasteiger partial charge is 0.356 e. The molecule has 0 aromatic rings. The maximum absolute atomic E-state index is 13.9. The number of amides is 18. The van der Waals surface area contributed by atoms with Crippen molar-refractivity contribution < 1.29 is 86.3 Å². The summed E-state index contributed by atoms with van der Waals surface area (Å²) >= 11 is 6.00. The lowest BCUT2D eigenvalue weighted by Gasteiger charge is -2.28. The Kier molecular flexibility index (Phi) is 66.3. The SMILES string of the molecule is CCC(=O)N(CCSCCC(=O)NCCCCC(NC(=O)CCSCCN(CCN(CCN(C)C(C)=O)C(C)=O)C(=O)CC)C(=O)NCCCCCNC(=O)C(CCCCNC(=O)CCSCCN(CCN(CCN(C)C(C)=O)C(C)=O)C(=O)CC)NC(=O)CCSCCN(CCN(CCN(C)C(C)=O)C(C)=O)C(=O)CC)CCN(CCN(C)C(C)=O)C(C)=O. The number of thioether (sulfide) groups is 4. The summed E-state index contributed by atoms with van der Waals surface area (Å²) in [7, 11) is 6.64. The third kappa shape index (κ3) is 57.3. The molecule has 716 valence electrons. The second-order valence-electron chi connectivity index (χ2n) is 30.7. The lowest BCUT2D eigenvalue weighted by Crippen LogP contribution is -2.47. The molecule has 2 unspecified atom stereocenters. The van der Waals surface area contributed by atoms with Gasteiger partial charge in [-0.1, -0.05) is 27.7 Å². The summed E-state index contributed by atoms with van der Waals surface area (Å²) in [5.74, 6) is 0.714. The highest BCUT2D eigenvalue weighted by Gasteiger charge is 2.26. The van der Waals surface area contributed by atoms with E-state index < -0.39 is 12.1 Å². The maximum atomic E-state index is 13.9. The van der Waals surface area contributed by atoms with Crippen LogP contribution in [0.25, 0.3) is 0 Å². The second-order valence-corrected chi connectivity index (χ2v) is 35.6. The predicted octanol–water partition coefficient (Wildman–Crippen LogP) is 2.69. The van der Waals surface area contributed by atoms with E-state index in [0.717, 1.165) is 0 Å². The smallest absolute Gasteiger partial charge is 0.242 e. The zero-order valence-electron chi connectivity index (χ0n) is 78.2. The van der Waals surface area contributed by atoms with Crippen molar-refractivity contribution in [3.63, 3.8) is 0 Å². The van der Waals surface area contributed by atoms with Gasteiger partial charge in [-0.15, -0.1) is 0 Å². The van der Waals surface area contributed by atoms with Gasteiger partial charge in [0.1, 0.15) is 12.1 Å². The number of hydrogen-bond donors (Lipinski definition) is 6. The second kappa shape index (κ2) is 70.9. The molecule has 0 aromatic carbocycles.